The van der Waals surface area contributed by atoms with Crippen LogP contribution < -0.4 is 31.6 Å². The number of benzene rings is 3. The number of hydrogen-bond acceptors (Lipinski definition) is 4. The lowest BCUT2D eigenvalue weighted by molar-refractivity contribution is 0.469. The largest absolute Gasteiger partial charge is 0.457 e. The van der Waals surface area contributed by atoms with Gasteiger partial charge in [0, 0.05) is 23.5 Å². The van der Waals surface area contributed by atoms with Gasteiger partial charge in [-0.3, -0.25) is 9.98 Å². The monoisotopic (exact) mass is 460 g/mol. The number of rotatable bonds is 8. The lowest BCUT2D eigenvalue weighted by Crippen LogP contribution is -2.23. The van der Waals surface area contributed by atoms with E-state index >= 15 is 0 Å². The minimum atomic E-state index is 0.132. The van der Waals surface area contributed by atoms with Crippen LogP contribution in [0.4, 0.5) is 11.4 Å². The van der Waals surface area contributed by atoms with E-state index in [1.54, 1.807) is 0 Å². The van der Waals surface area contributed by atoms with Gasteiger partial charge in [-0.1, -0.05) is 0 Å². The van der Waals surface area contributed by atoms with Crippen LogP contribution in [-0.2, 0) is 0 Å². The molecule has 0 fully saturated rings. The van der Waals surface area contributed by atoms with Gasteiger partial charge >= 0.3 is 0 Å². The molecule has 0 amide bonds. The fourth-order valence-electron chi connectivity index (χ4n) is 2.98. The first-order valence-electron chi connectivity index (χ1n) is 11.1. The van der Waals surface area contributed by atoms with Gasteiger partial charge in [0.1, 0.15) is 23.0 Å². The van der Waals surface area contributed by atoms with Gasteiger partial charge in [-0.15, -0.1) is 0 Å². The molecular formula is C26H32N6O2. The van der Waals surface area contributed by atoms with Gasteiger partial charge in [0.15, 0.2) is 11.9 Å². The highest BCUT2D eigenvalue weighted by atomic mass is 16.5. The fraction of sp³-hybridized carbons (Fsp3) is 0.231. The molecule has 0 heterocycles. The molecule has 0 aliphatic carbocycles. The Balaban J connectivity index is 1.54. The smallest absolute Gasteiger partial charge is 0.193 e. The number of hydrogen-bond donors (Lipinski definition) is 4. The van der Waals surface area contributed by atoms with Crippen LogP contribution in [0.2, 0.25) is 0 Å². The van der Waals surface area contributed by atoms with E-state index in [1.165, 1.54) is 0 Å². The molecule has 6 N–H and O–H groups in total. The lowest BCUT2D eigenvalue weighted by atomic mass is 10.3. The number of guanidine groups is 2. The third-order valence-corrected chi connectivity index (χ3v) is 4.34. The Kier molecular flexibility index (Phi) is 8.34. The maximum atomic E-state index is 5.91. The summed E-state index contributed by atoms with van der Waals surface area (Å²) in [5.41, 5.74) is 13.4. The highest BCUT2D eigenvalue weighted by Crippen LogP contribution is 2.28. The molecule has 0 aliphatic heterocycles. The molecular weight excluding hydrogens is 428 g/mol. The number of aliphatic imine (C=N–C) groups is 2. The minimum absolute atomic E-state index is 0.132. The second-order valence-electron chi connectivity index (χ2n) is 8.19. The van der Waals surface area contributed by atoms with Crippen LogP contribution in [0, 0.1) is 0 Å². The maximum Gasteiger partial charge on any atom is 0.193 e. The standard InChI is InChI=1S/C26H32N6O2/c1-17(2)29-25(27)31-19-5-9-21(10-6-19)33-23-13-15-24(16-14-23)34-22-11-7-20(8-12-22)32-26(28)30-18(3)4/h5-18H,1-4H3,(H3,27,29,31)(H3,28,30,32). The molecule has 3 aromatic rings. The van der Waals surface area contributed by atoms with E-state index in [2.05, 4.69) is 20.6 Å². The summed E-state index contributed by atoms with van der Waals surface area (Å²) in [4.78, 5) is 8.51. The predicted molar refractivity (Wildman–Crippen MR) is 140 cm³/mol. The fourth-order valence-corrected chi connectivity index (χ4v) is 2.98. The van der Waals surface area contributed by atoms with Crippen molar-refractivity contribution >= 4 is 23.3 Å². The van der Waals surface area contributed by atoms with Crippen molar-refractivity contribution in [3.8, 4) is 23.0 Å². The second kappa shape index (κ2) is 11.6. The Morgan fingerprint density at radius 3 is 1.09 bits per heavy atom. The Labute approximate surface area is 200 Å². The molecule has 0 atom stereocenters. The molecule has 8 nitrogen and oxygen atoms in total. The van der Waals surface area contributed by atoms with Gasteiger partial charge in [0.05, 0.1) is 0 Å². The molecule has 3 rings (SSSR count). The number of anilines is 2. The van der Waals surface area contributed by atoms with Crippen LogP contribution in [0.25, 0.3) is 0 Å². The van der Waals surface area contributed by atoms with E-state index in [1.807, 2.05) is 100 Å². The zero-order valence-electron chi connectivity index (χ0n) is 19.9. The van der Waals surface area contributed by atoms with Crippen molar-refractivity contribution in [1.82, 2.24) is 0 Å². The van der Waals surface area contributed by atoms with Gasteiger partial charge in [-0.2, -0.15) is 0 Å². The van der Waals surface area contributed by atoms with E-state index < -0.39 is 0 Å². The molecule has 0 saturated carbocycles. The minimum Gasteiger partial charge on any atom is -0.457 e. The Bertz CT molecular complexity index is 1020. The summed E-state index contributed by atoms with van der Waals surface area (Å²) in [6.07, 6.45) is 0. The molecule has 0 aromatic heterocycles. The molecule has 0 radical (unpaired) electrons. The summed E-state index contributed by atoms with van der Waals surface area (Å²) < 4.78 is 11.8. The summed E-state index contributed by atoms with van der Waals surface area (Å²) >= 11 is 0. The average Bonchev–Trinajstić information content (AvgIpc) is 2.77. The lowest BCUT2D eigenvalue weighted by Gasteiger charge is -2.11. The third kappa shape index (κ3) is 8.05. The Morgan fingerprint density at radius 1 is 0.559 bits per heavy atom. The number of nitrogens with two attached hydrogens (primary N) is 2. The predicted octanol–water partition coefficient (Wildman–Crippen LogP) is 5.54. The van der Waals surface area contributed by atoms with Crippen molar-refractivity contribution in [1.29, 1.82) is 0 Å². The Hall–Kier alpha value is -4.20. The summed E-state index contributed by atoms with van der Waals surface area (Å²) in [6.45, 7) is 7.88. The van der Waals surface area contributed by atoms with Gasteiger partial charge in [-0.25, -0.2) is 0 Å². The van der Waals surface area contributed by atoms with E-state index in [0.717, 1.165) is 11.4 Å². The number of nitrogens with one attached hydrogen (secondary N) is 2. The van der Waals surface area contributed by atoms with Crippen LogP contribution >= 0.6 is 0 Å². The molecule has 8 heteroatoms. The van der Waals surface area contributed by atoms with Crippen molar-refractivity contribution in [2.45, 2.75) is 39.8 Å². The van der Waals surface area contributed by atoms with Crippen LogP contribution in [-0.4, -0.2) is 24.0 Å². The normalized spacial score (nSPS) is 12.1. The topological polar surface area (TPSA) is 119 Å². The van der Waals surface area contributed by atoms with Crippen LogP contribution in [0.5, 0.6) is 23.0 Å². The van der Waals surface area contributed by atoms with E-state index in [-0.39, 0.29) is 12.1 Å². The summed E-state index contributed by atoms with van der Waals surface area (Å²) in [5.74, 6) is 3.59. The summed E-state index contributed by atoms with van der Waals surface area (Å²) in [5, 5.41) is 6.11. The molecule has 178 valence electrons. The molecule has 0 saturated heterocycles. The number of nitrogens with zero attached hydrogens (tertiary/aromatic N) is 2. The van der Waals surface area contributed by atoms with Crippen LogP contribution in [0.1, 0.15) is 27.7 Å². The van der Waals surface area contributed by atoms with E-state index in [0.29, 0.717) is 34.9 Å². The highest BCUT2D eigenvalue weighted by molar-refractivity contribution is 5.92. The zero-order chi connectivity index (χ0) is 24.5. The molecule has 3 aromatic carbocycles. The van der Waals surface area contributed by atoms with Gasteiger partial charge in [-0.05, 0) is 100 Å². The van der Waals surface area contributed by atoms with Gasteiger partial charge in [0.25, 0.3) is 0 Å². The summed E-state index contributed by atoms with van der Waals surface area (Å²) in [6, 6.07) is 22.7. The quantitative estimate of drug-likeness (QED) is 0.259. The van der Waals surface area contributed by atoms with E-state index in [4.69, 9.17) is 20.9 Å². The van der Waals surface area contributed by atoms with Crippen molar-refractivity contribution < 1.29 is 9.47 Å². The van der Waals surface area contributed by atoms with E-state index in [9.17, 15) is 0 Å². The molecule has 0 unspecified atom stereocenters. The molecule has 0 bridgehead atoms. The SMILES string of the molecule is CC(C)N=C(N)Nc1ccc(Oc2ccc(Oc3ccc(NC(N)=NC(C)C)cc3)cc2)cc1. The summed E-state index contributed by atoms with van der Waals surface area (Å²) in [7, 11) is 0. The Morgan fingerprint density at radius 2 is 0.824 bits per heavy atom. The molecule has 0 aliphatic rings. The number of ether oxygens (including phenoxy) is 2. The maximum absolute atomic E-state index is 5.91. The van der Waals surface area contributed by atoms with Crippen molar-refractivity contribution in [2.24, 2.45) is 21.5 Å². The van der Waals surface area contributed by atoms with Crippen LogP contribution in [0.15, 0.2) is 82.8 Å². The van der Waals surface area contributed by atoms with Crippen LogP contribution in [0.3, 0.4) is 0 Å². The van der Waals surface area contributed by atoms with Crippen molar-refractivity contribution in [3.05, 3.63) is 72.8 Å². The molecule has 0 spiro atoms. The first kappa shape index (κ1) is 24.4. The molecule has 34 heavy (non-hydrogen) atoms. The zero-order valence-corrected chi connectivity index (χ0v) is 19.9. The van der Waals surface area contributed by atoms with Crippen molar-refractivity contribution in [2.75, 3.05) is 10.6 Å². The van der Waals surface area contributed by atoms with Gasteiger partial charge < -0.3 is 31.6 Å². The average molecular weight is 461 g/mol. The highest BCUT2D eigenvalue weighted by Gasteiger charge is 2.03. The van der Waals surface area contributed by atoms with Crippen molar-refractivity contribution in [3.63, 3.8) is 0 Å². The first-order valence-corrected chi connectivity index (χ1v) is 11.1. The van der Waals surface area contributed by atoms with Gasteiger partial charge in [0.2, 0.25) is 0 Å². The second-order valence-corrected chi connectivity index (χ2v) is 8.19. The third-order valence-electron chi connectivity index (χ3n) is 4.34. The first-order chi connectivity index (χ1) is 16.3.